The molecule has 0 amide bonds. The fourth-order valence-corrected chi connectivity index (χ4v) is 3.74. The summed E-state index contributed by atoms with van der Waals surface area (Å²) in [6.45, 7) is 6.56. The highest BCUT2D eigenvalue weighted by atomic mass is 16.5. The zero-order valence-electron chi connectivity index (χ0n) is 14.8. The molecule has 0 bridgehead atoms. The van der Waals surface area contributed by atoms with Crippen molar-refractivity contribution in [2.24, 2.45) is 11.8 Å². The fourth-order valence-electron chi connectivity index (χ4n) is 3.74. The van der Waals surface area contributed by atoms with E-state index in [2.05, 4.69) is 32.9 Å². The van der Waals surface area contributed by atoms with Crippen LogP contribution in [0, 0.1) is 11.8 Å². The van der Waals surface area contributed by atoms with Gasteiger partial charge in [0.25, 0.3) is 0 Å². The molecule has 2 aromatic rings. The Morgan fingerprint density at radius 1 is 0.917 bits per heavy atom. The van der Waals surface area contributed by atoms with Crippen LogP contribution in [0.4, 0.5) is 0 Å². The lowest BCUT2D eigenvalue weighted by Crippen LogP contribution is -2.38. The normalized spacial score (nSPS) is 21.5. The van der Waals surface area contributed by atoms with Crippen LogP contribution >= 0.6 is 0 Å². The highest BCUT2D eigenvalue weighted by Crippen LogP contribution is 2.40. The number of carbonyl (C=O) groups excluding carboxylic acids is 1. The van der Waals surface area contributed by atoms with Crippen LogP contribution in [-0.2, 0) is 10.2 Å². The molecule has 3 rings (SSSR count). The average molecular weight is 322 g/mol. The van der Waals surface area contributed by atoms with Gasteiger partial charge in [-0.05, 0) is 54.0 Å². The van der Waals surface area contributed by atoms with Crippen molar-refractivity contribution in [2.75, 3.05) is 0 Å². The summed E-state index contributed by atoms with van der Waals surface area (Å²) in [4.78, 5) is 12.5. The molecule has 0 unspecified atom stereocenters. The van der Waals surface area contributed by atoms with Crippen molar-refractivity contribution < 1.29 is 9.53 Å². The lowest BCUT2D eigenvalue weighted by atomic mass is 9.65. The van der Waals surface area contributed by atoms with Gasteiger partial charge in [0, 0.05) is 12.3 Å². The maximum Gasteiger partial charge on any atom is 0.137 e. The molecule has 2 nitrogen and oxygen atoms in total. The quantitative estimate of drug-likeness (QED) is 0.715. The van der Waals surface area contributed by atoms with Crippen LogP contribution in [0.1, 0.15) is 45.6 Å². The van der Waals surface area contributed by atoms with Crippen LogP contribution in [0.3, 0.4) is 0 Å². The van der Waals surface area contributed by atoms with Crippen LogP contribution in [0.5, 0.6) is 11.5 Å². The zero-order chi connectivity index (χ0) is 17.2. The minimum atomic E-state index is -0.136. The number of ether oxygens (including phenoxy) is 1. The van der Waals surface area contributed by atoms with E-state index in [1.165, 1.54) is 5.56 Å². The Bertz CT molecular complexity index is 686. The number of carbonyl (C=O) groups is 1. The number of benzene rings is 2. The maximum absolute atomic E-state index is 12.5. The first-order valence-corrected chi connectivity index (χ1v) is 8.83. The Morgan fingerprint density at radius 2 is 1.54 bits per heavy atom. The molecule has 24 heavy (non-hydrogen) atoms. The molecular formula is C22H26O2. The average Bonchev–Trinajstić information content (AvgIpc) is 2.56. The fraction of sp³-hybridized carbons (Fsp3) is 0.409. The van der Waals surface area contributed by atoms with Crippen molar-refractivity contribution in [1.82, 2.24) is 0 Å². The van der Waals surface area contributed by atoms with E-state index in [0.29, 0.717) is 11.7 Å². The van der Waals surface area contributed by atoms with E-state index in [1.807, 2.05) is 42.5 Å². The molecular weight excluding hydrogens is 296 g/mol. The summed E-state index contributed by atoms with van der Waals surface area (Å²) in [6, 6.07) is 18.0. The Labute approximate surface area is 144 Å². The second kappa shape index (κ2) is 6.80. The molecule has 0 spiro atoms. The third-order valence-corrected chi connectivity index (χ3v) is 5.33. The molecule has 0 heterocycles. The number of ketones is 1. The van der Waals surface area contributed by atoms with Crippen LogP contribution in [-0.4, -0.2) is 5.78 Å². The summed E-state index contributed by atoms with van der Waals surface area (Å²) in [7, 11) is 0. The summed E-state index contributed by atoms with van der Waals surface area (Å²) in [5.74, 6) is 2.73. The van der Waals surface area contributed by atoms with Crippen LogP contribution < -0.4 is 4.74 Å². The zero-order valence-corrected chi connectivity index (χ0v) is 14.8. The molecule has 1 aliphatic rings. The summed E-state index contributed by atoms with van der Waals surface area (Å²) >= 11 is 0. The van der Waals surface area contributed by atoms with Gasteiger partial charge in [0.05, 0.1) is 0 Å². The van der Waals surface area contributed by atoms with Crippen molar-refractivity contribution >= 4 is 5.78 Å². The third kappa shape index (κ3) is 3.53. The van der Waals surface area contributed by atoms with E-state index in [0.717, 1.165) is 30.8 Å². The van der Waals surface area contributed by atoms with E-state index >= 15 is 0 Å². The van der Waals surface area contributed by atoms with E-state index in [-0.39, 0.29) is 11.3 Å². The van der Waals surface area contributed by atoms with Gasteiger partial charge in [0.1, 0.15) is 17.3 Å². The number of Topliss-reactive ketones (excluding diaryl/α,β-unsaturated/α-hetero) is 1. The van der Waals surface area contributed by atoms with Gasteiger partial charge in [-0.25, -0.2) is 0 Å². The predicted molar refractivity (Wildman–Crippen MR) is 97.5 cm³/mol. The molecule has 2 aromatic carbocycles. The van der Waals surface area contributed by atoms with Gasteiger partial charge in [-0.15, -0.1) is 0 Å². The van der Waals surface area contributed by atoms with Crippen molar-refractivity contribution in [3.63, 3.8) is 0 Å². The van der Waals surface area contributed by atoms with Crippen LogP contribution in [0.25, 0.3) is 0 Å². The van der Waals surface area contributed by atoms with Crippen molar-refractivity contribution in [3.05, 3.63) is 60.2 Å². The molecule has 1 fully saturated rings. The molecule has 2 heteroatoms. The first-order valence-electron chi connectivity index (χ1n) is 8.83. The van der Waals surface area contributed by atoms with E-state index in [9.17, 15) is 4.79 Å². The van der Waals surface area contributed by atoms with Gasteiger partial charge >= 0.3 is 0 Å². The molecule has 1 aliphatic carbocycles. The van der Waals surface area contributed by atoms with Gasteiger partial charge in [0.15, 0.2) is 0 Å². The van der Waals surface area contributed by atoms with E-state index in [4.69, 9.17) is 4.74 Å². The molecule has 0 aliphatic heterocycles. The monoisotopic (exact) mass is 322 g/mol. The number of para-hydroxylation sites is 1. The number of hydrogen-bond donors (Lipinski definition) is 0. The molecule has 126 valence electrons. The van der Waals surface area contributed by atoms with Gasteiger partial charge in [-0.1, -0.05) is 51.1 Å². The first kappa shape index (κ1) is 16.8. The summed E-state index contributed by atoms with van der Waals surface area (Å²) in [5.41, 5.74) is 1.07. The van der Waals surface area contributed by atoms with Gasteiger partial charge in [-0.2, -0.15) is 0 Å². The molecule has 0 N–H and O–H groups in total. The molecule has 0 saturated heterocycles. The first-order chi connectivity index (χ1) is 11.5. The lowest BCUT2D eigenvalue weighted by Gasteiger charge is -2.38. The van der Waals surface area contributed by atoms with Crippen LogP contribution in [0.2, 0.25) is 0 Å². The second-order valence-corrected chi connectivity index (χ2v) is 7.57. The van der Waals surface area contributed by atoms with Crippen molar-refractivity contribution in [2.45, 2.75) is 45.4 Å². The predicted octanol–water partition coefficient (Wildman–Crippen LogP) is 5.76. The summed E-state index contributed by atoms with van der Waals surface area (Å²) in [6.07, 6.45) is 2.87. The van der Waals surface area contributed by atoms with E-state index < -0.39 is 0 Å². The number of hydrogen-bond acceptors (Lipinski definition) is 2. The van der Waals surface area contributed by atoms with Gasteiger partial charge in [-0.3, -0.25) is 4.79 Å². The Morgan fingerprint density at radius 3 is 2.17 bits per heavy atom. The van der Waals surface area contributed by atoms with Crippen molar-refractivity contribution in [1.29, 1.82) is 0 Å². The summed E-state index contributed by atoms with van der Waals surface area (Å²) < 4.78 is 5.86. The Hall–Kier alpha value is -2.09. The van der Waals surface area contributed by atoms with Crippen molar-refractivity contribution in [3.8, 4) is 11.5 Å². The minimum absolute atomic E-state index is 0.120. The van der Waals surface area contributed by atoms with E-state index in [1.54, 1.807) is 0 Å². The molecule has 0 radical (unpaired) electrons. The Balaban J connectivity index is 1.75. The molecule has 1 saturated carbocycles. The summed E-state index contributed by atoms with van der Waals surface area (Å²) in [5, 5.41) is 0. The van der Waals surface area contributed by atoms with Gasteiger partial charge in [0.2, 0.25) is 0 Å². The highest BCUT2D eigenvalue weighted by molar-refractivity contribution is 5.83. The third-order valence-electron chi connectivity index (χ3n) is 5.33. The number of rotatable bonds is 4. The minimum Gasteiger partial charge on any atom is -0.457 e. The van der Waals surface area contributed by atoms with Gasteiger partial charge < -0.3 is 4.74 Å². The van der Waals surface area contributed by atoms with Crippen LogP contribution in [0.15, 0.2) is 54.6 Å². The highest BCUT2D eigenvalue weighted by Gasteiger charge is 2.39. The SMILES string of the molecule is C[C@@H]1CC[C@H](C(C)(C)c2ccc(Oc3ccccc3)cc2)C(=O)C1. The molecule has 2 atom stereocenters. The standard InChI is InChI=1S/C22H26O2/c1-16-9-14-20(21(23)15-16)22(2,3)17-10-12-19(13-11-17)24-18-7-5-4-6-8-18/h4-8,10-13,16,20H,9,14-15H2,1-3H3/t16-,20+/m1/s1. The Kier molecular flexibility index (Phi) is 4.75. The lowest BCUT2D eigenvalue weighted by molar-refractivity contribution is -0.128. The maximum atomic E-state index is 12.5. The molecule has 0 aromatic heterocycles. The smallest absolute Gasteiger partial charge is 0.137 e. The largest absolute Gasteiger partial charge is 0.457 e. The second-order valence-electron chi connectivity index (χ2n) is 7.57. The topological polar surface area (TPSA) is 26.3 Å².